The first-order valence-electron chi connectivity index (χ1n) is 18.6. The van der Waals surface area contributed by atoms with E-state index in [1.54, 1.807) is 22.6 Å². The van der Waals surface area contributed by atoms with Gasteiger partial charge in [-0.05, 0) is 18.1 Å². The van der Waals surface area contributed by atoms with Gasteiger partial charge in [0.05, 0.1) is 0 Å². The third kappa shape index (κ3) is 6.49. The van der Waals surface area contributed by atoms with Crippen molar-refractivity contribution in [2.45, 2.75) is 54.7 Å². The summed E-state index contributed by atoms with van der Waals surface area (Å²) < 4.78 is 30.0. The molecule has 6 heteroatoms. The zero-order chi connectivity index (χ0) is 35.7. The second kappa shape index (κ2) is 14.9. The predicted molar refractivity (Wildman–Crippen MR) is 201 cm³/mol. The largest absolute Gasteiger partial charge is 0.304 e. The van der Waals surface area contributed by atoms with Crippen LogP contribution in [0.2, 0.25) is 15.8 Å². The number of hydrogen-bond donors (Lipinski definition) is 0. The van der Waals surface area contributed by atoms with Crippen LogP contribution in [0.5, 0.6) is 0 Å². The molecule has 0 bridgehead atoms. The Balaban J connectivity index is 0.000000216. The van der Waals surface area contributed by atoms with Crippen molar-refractivity contribution in [2.75, 3.05) is 0 Å². The van der Waals surface area contributed by atoms with E-state index in [1.165, 1.54) is 53.2 Å². The van der Waals surface area contributed by atoms with Crippen molar-refractivity contribution in [1.29, 1.82) is 5.26 Å². The van der Waals surface area contributed by atoms with E-state index in [2.05, 4.69) is 41.5 Å². The minimum Gasteiger partial charge on any atom is -0.304 e. The standard InChI is InChI=1S/C32H27GeN2O.C12H10N.Ir/c34-20-24-14-15-26-25-12-7-13-27(31(25)36-32(26)30(24)22-9-3-1-4-10-22)29-19-23-11-8-18-33(28(23)21-35-29)16-5-2-6-17-33;1-10-7-8-12(13-9-10)11-5-3-2-4-6-11;/h1,3-4,7,9-10,12,14-15,19,21H,2,5-6,8,11,16-18H2;2-5,7-9H,1H3;/q2*-1;/i;1D3;. The minimum absolute atomic E-state index is 0. The second-order valence-corrected chi connectivity index (χ2v) is 22.8. The molecule has 7 aromatic rings. The molecule has 2 aliphatic rings. The summed E-state index contributed by atoms with van der Waals surface area (Å²) in [6.45, 7) is -2.09. The summed E-state index contributed by atoms with van der Waals surface area (Å²) in [6, 6.07) is 39.9. The van der Waals surface area contributed by atoms with Gasteiger partial charge in [-0.1, -0.05) is 18.2 Å². The predicted octanol–water partition coefficient (Wildman–Crippen LogP) is 10.6. The van der Waals surface area contributed by atoms with Crippen LogP contribution in [0, 0.1) is 30.3 Å². The molecule has 1 fully saturated rings. The van der Waals surface area contributed by atoms with Crippen LogP contribution >= 0.6 is 0 Å². The van der Waals surface area contributed by atoms with Crippen LogP contribution in [-0.2, 0) is 26.5 Å². The van der Waals surface area contributed by atoms with Crippen LogP contribution in [0.25, 0.3) is 55.6 Å². The summed E-state index contributed by atoms with van der Waals surface area (Å²) in [7, 11) is 0. The van der Waals surface area contributed by atoms with Crippen LogP contribution in [0.4, 0.5) is 0 Å². The maximum Gasteiger partial charge on any atom is 0.0280 e. The zero-order valence-corrected chi connectivity index (χ0v) is 32.1. The molecule has 50 heavy (non-hydrogen) atoms. The number of fused-ring (bicyclic) bond motifs is 5. The molecule has 1 radical (unpaired) electrons. The fourth-order valence-corrected chi connectivity index (χ4v) is 19.4. The molecule has 9 rings (SSSR count). The van der Waals surface area contributed by atoms with E-state index in [4.69, 9.17) is 13.5 Å². The van der Waals surface area contributed by atoms with Crippen LogP contribution in [0.3, 0.4) is 0 Å². The van der Waals surface area contributed by atoms with E-state index in [0.717, 1.165) is 62.0 Å². The molecular weight excluding hydrogens is 851 g/mol. The number of benzene rings is 4. The molecule has 0 atom stereocenters. The van der Waals surface area contributed by atoms with Crippen molar-refractivity contribution in [3.8, 4) is 39.7 Å². The van der Waals surface area contributed by atoms with E-state index in [-0.39, 0.29) is 25.7 Å². The van der Waals surface area contributed by atoms with E-state index in [9.17, 15) is 5.26 Å². The molecule has 0 amide bonds. The number of nitrogens with zero attached hydrogens (tertiary/aromatic N) is 3. The van der Waals surface area contributed by atoms with Crippen LogP contribution in [0.1, 0.15) is 46.5 Å². The first-order valence-corrected chi connectivity index (χ1v) is 22.6. The van der Waals surface area contributed by atoms with Gasteiger partial charge >= 0.3 is 209 Å². The van der Waals surface area contributed by atoms with Gasteiger partial charge < -0.3 is 4.98 Å². The first-order chi connectivity index (χ1) is 25.3. The topological polar surface area (TPSA) is 62.7 Å². The molecule has 0 unspecified atom stereocenters. The van der Waals surface area contributed by atoms with Gasteiger partial charge in [0, 0.05) is 30.4 Å². The Kier molecular flexibility index (Phi) is 9.07. The molecular formula is C44H37GeIrN3O-2. The summed E-state index contributed by atoms with van der Waals surface area (Å²) in [5.41, 5.74) is 9.27. The van der Waals surface area contributed by atoms with Gasteiger partial charge in [0.2, 0.25) is 0 Å². The fourth-order valence-electron chi connectivity index (χ4n) is 7.90. The van der Waals surface area contributed by atoms with Crippen LogP contribution in [0.15, 0.2) is 114 Å². The number of furan rings is 1. The molecule has 3 aromatic heterocycles. The molecule has 4 nitrogen and oxygen atoms in total. The summed E-state index contributed by atoms with van der Waals surface area (Å²) in [5.74, 6) is 0. The van der Waals surface area contributed by atoms with Gasteiger partial charge in [0.1, 0.15) is 0 Å². The Labute approximate surface area is 314 Å². The monoisotopic (exact) mass is 893 g/mol. The molecule has 249 valence electrons. The SMILES string of the molecule is N#Cc1ccc2c(oc3c(-c4cc5[c](cn4)[Ge]4([CH2]CCC[CH2]4)[CH2]CC5)[c-]ccc32)c1-c1ccccc1.[2H]C([2H])([2H])c1ccc(-c2[c-]cccc2)nc1.[Ir]. The van der Waals surface area contributed by atoms with Gasteiger partial charge in [-0.25, -0.2) is 0 Å². The summed E-state index contributed by atoms with van der Waals surface area (Å²) in [4.78, 5) is 9.17. The summed E-state index contributed by atoms with van der Waals surface area (Å²) >= 11 is -1.98. The summed E-state index contributed by atoms with van der Waals surface area (Å²) in [5, 5.41) is 16.4. The van der Waals surface area contributed by atoms with Gasteiger partial charge in [-0.2, -0.15) is 0 Å². The molecule has 5 heterocycles. The third-order valence-electron chi connectivity index (χ3n) is 10.3. The van der Waals surface area contributed by atoms with Crippen molar-refractivity contribution in [3.63, 3.8) is 0 Å². The van der Waals surface area contributed by atoms with Crippen molar-refractivity contribution >= 4 is 39.6 Å². The van der Waals surface area contributed by atoms with Crippen molar-refractivity contribution < 1.29 is 28.6 Å². The van der Waals surface area contributed by atoms with E-state index < -0.39 is 20.1 Å². The van der Waals surface area contributed by atoms with Crippen LogP contribution < -0.4 is 4.40 Å². The Morgan fingerprint density at radius 3 is 2.34 bits per heavy atom. The second-order valence-electron chi connectivity index (χ2n) is 13.2. The van der Waals surface area contributed by atoms with Crippen molar-refractivity contribution in [3.05, 3.63) is 138 Å². The average molecular weight is 892 g/mol. The average Bonchev–Trinajstić information content (AvgIpc) is 3.57. The zero-order valence-electron chi connectivity index (χ0n) is 30.6. The number of pyridine rings is 2. The Morgan fingerprint density at radius 1 is 0.780 bits per heavy atom. The Morgan fingerprint density at radius 2 is 1.58 bits per heavy atom. The van der Waals surface area contributed by atoms with E-state index in [1.807, 2.05) is 66.7 Å². The van der Waals surface area contributed by atoms with Gasteiger partial charge in [0.25, 0.3) is 0 Å². The molecule has 0 aliphatic carbocycles. The molecule has 0 saturated carbocycles. The van der Waals surface area contributed by atoms with Gasteiger partial charge in [0.15, 0.2) is 0 Å². The minimum atomic E-state index is -2.09. The van der Waals surface area contributed by atoms with Crippen LogP contribution in [-0.4, -0.2) is 23.2 Å². The van der Waals surface area contributed by atoms with Crippen molar-refractivity contribution in [2.24, 2.45) is 0 Å². The number of aromatic nitrogens is 2. The normalized spacial score (nSPS) is 15.8. The third-order valence-corrected chi connectivity index (χ3v) is 21.9. The Bertz CT molecular complexity index is 2420. The number of aryl methyl sites for hydroxylation is 2. The number of nitriles is 1. The van der Waals surface area contributed by atoms with E-state index in [0.29, 0.717) is 5.56 Å². The smallest absolute Gasteiger partial charge is 0.0280 e. The molecule has 0 N–H and O–H groups in total. The number of hydrogen-bond acceptors (Lipinski definition) is 4. The number of rotatable bonds is 3. The Hall–Kier alpha value is -4.34. The maximum atomic E-state index is 9.86. The molecule has 2 aliphatic heterocycles. The first kappa shape index (κ1) is 30.5. The summed E-state index contributed by atoms with van der Waals surface area (Å²) in [6.07, 6.45) is 10.4. The van der Waals surface area contributed by atoms with E-state index >= 15 is 0 Å². The molecule has 4 aromatic carbocycles. The quantitative estimate of drug-likeness (QED) is 0.131. The fraction of sp³-hybridized carbons (Fsp3) is 0.205. The maximum absolute atomic E-state index is 9.86. The van der Waals surface area contributed by atoms with Gasteiger partial charge in [-0.15, -0.1) is 35.9 Å². The molecule has 1 spiro atoms. The molecule has 1 saturated heterocycles. The van der Waals surface area contributed by atoms with Crippen molar-refractivity contribution in [1.82, 2.24) is 9.97 Å². The van der Waals surface area contributed by atoms with Gasteiger partial charge in [-0.3, -0.25) is 0 Å².